The topological polar surface area (TPSA) is 24.1 Å². The van der Waals surface area contributed by atoms with Crippen molar-refractivity contribution in [2.75, 3.05) is 13.1 Å². The summed E-state index contributed by atoms with van der Waals surface area (Å²) < 4.78 is 38.6. The molecule has 1 saturated heterocycles. The Balaban J connectivity index is 1.44. The molecule has 25 heavy (non-hydrogen) atoms. The van der Waals surface area contributed by atoms with Crippen molar-refractivity contribution in [3.05, 3.63) is 59.7 Å². The lowest BCUT2D eigenvalue weighted by Gasteiger charge is -2.11. The van der Waals surface area contributed by atoms with Gasteiger partial charge in [-0.3, -0.25) is 0 Å². The van der Waals surface area contributed by atoms with E-state index in [1.807, 2.05) is 12.1 Å². The molecule has 0 aromatic heterocycles. The molecule has 4 rings (SSSR count). The zero-order valence-electron chi connectivity index (χ0n) is 13.8. The van der Waals surface area contributed by atoms with Crippen LogP contribution in [-0.4, -0.2) is 25.2 Å². The smallest absolute Gasteiger partial charge is 0.315 e. The van der Waals surface area contributed by atoms with Gasteiger partial charge in [-0.05, 0) is 48.2 Å². The van der Waals surface area contributed by atoms with Gasteiger partial charge in [0.25, 0.3) is 0 Å². The third-order valence-electron chi connectivity index (χ3n) is 5.16. The lowest BCUT2D eigenvalue weighted by atomic mass is 10.0. The molecule has 3 atom stereocenters. The molecule has 1 aliphatic carbocycles. The first-order valence-electron chi connectivity index (χ1n) is 8.75. The molecule has 2 aliphatic rings. The van der Waals surface area contributed by atoms with E-state index in [2.05, 4.69) is 22.8 Å². The van der Waals surface area contributed by atoms with E-state index in [4.69, 9.17) is 0 Å². The summed E-state index contributed by atoms with van der Waals surface area (Å²) in [4.78, 5) is 0. The summed E-state index contributed by atoms with van der Waals surface area (Å²) in [6, 6.07) is 14.6. The molecule has 1 saturated carbocycles. The Hall–Kier alpha value is -1.85. The molecule has 5 heteroatoms. The number of nitrogens with one attached hydrogen (secondary N) is 2. The first kappa shape index (κ1) is 16.6. The maximum Gasteiger partial charge on any atom is 0.416 e. The molecular weight excluding hydrogens is 325 g/mol. The SMILES string of the molecule is FC(F)(F)c1cccc(-c2ccc([C@@H]3C[C@H]3NC3CCNC3)cc2)c1. The van der Waals surface area contributed by atoms with Crippen molar-refractivity contribution in [1.82, 2.24) is 10.6 Å². The second-order valence-electron chi connectivity index (χ2n) is 7.01. The Kier molecular flexibility index (Phi) is 4.29. The van der Waals surface area contributed by atoms with Crippen LogP contribution in [0.4, 0.5) is 13.2 Å². The molecule has 2 nitrogen and oxygen atoms in total. The molecular formula is C20H21F3N2. The Morgan fingerprint density at radius 3 is 2.48 bits per heavy atom. The van der Waals surface area contributed by atoms with Gasteiger partial charge in [0, 0.05) is 24.5 Å². The van der Waals surface area contributed by atoms with Crippen LogP contribution in [0.1, 0.15) is 29.9 Å². The average molecular weight is 346 g/mol. The van der Waals surface area contributed by atoms with Gasteiger partial charge in [0.2, 0.25) is 0 Å². The standard InChI is InChI=1S/C20H21F3N2/c21-20(22,23)16-3-1-2-15(10-16)13-4-6-14(7-5-13)18-11-19(18)25-17-8-9-24-12-17/h1-7,10,17-19,24-25H,8-9,11-12H2/t17?,18-,19+/m0/s1. The molecule has 2 fully saturated rings. The fourth-order valence-electron chi connectivity index (χ4n) is 3.65. The van der Waals surface area contributed by atoms with Crippen LogP contribution >= 0.6 is 0 Å². The second-order valence-corrected chi connectivity index (χ2v) is 7.01. The number of hydrogen-bond donors (Lipinski definition) is 2. The minimum atomic E-state index is -4.31. The molecule has 0 bridgehead atoms. The van der Waals surface area contributed by atoms with E-state index in [1.54, 1.807) is 6.07 Å². The minimum Gasteiger partial charge on any atom is -0.315 e. The summed E-state index contributed by atoms with van der Waals surface area (Å²) in [7, 11) is 0. The van der Waals surface area contributed by atoms with Gasteiger partial charge in [-0.15, -0.1) is 0 Å². The third kappa shape index (κ3) is 3.72. The Morgan fingerprint density at radius 2 is 1.80 bits per heavy atom. The minimum absolute atomic E-state index is 0.524. The molecule has 1 unspecified atom stereocenters. The monoisotopic (exact) mass is 346 g/mol. The zero-order valence-corrected chi connectivity index (χ0v) is 13.8. The predicted molar refractivity (Wildman–Crippen MR) is 92.4 cm³/mol. The van der Waals surface area contributed by atoms with E-state index >= 15 is 0 Å². The molecule has 1 heterocycles. The van der Waals surface area contributed by atoms with Crippen molar-refractivity contribution in [1.29, 1.82) is 0 Å². The lowest BCUT2D eigenvalue weighted by molar-refractivity contribution is -0.137. The average Bonchev–Trinajstić information content (AvgIpc) is 3.17. The van der Waals surface area contributed by atoms with Crippen LogP contribution in [0.5, 0.6) is 0 Å². The quantitative estimate of drug-likeness (QED) is 0.868. The van der Waals surface area contributed by atoms with E-state index < -0.39 is 11.7 Å². The number of hydrogen-bond acceptors (Lipinski definition) is 2. The van der Waals surface area contributed by atoms with Gasteiger partial charge in [-0.2, -0.15) is 13.2 Å². The Morgan fingerprint density at radius 1 is 1.00 bits per heavy atom. The van der Waals surface area contributed by atoms with Crippen molar-refractivity contribution in [2.45, 2.75) is 37.0 Å². The highest BCUT2D eigenvalue weighted by atomic mass is 19.4. The molecule has 1 aliphatic heterocycles. The van der Waals surface area contributed by atoms with E-state index in [9.17, 15) is 13.2 Å². The van der Waals surface area contributed by atoms with Crippen molar-refractivity contribution in [2.24, 2.45) is 0 Å². The first-order valence-corrected chi connectivity index (χ1v) is 8.75. The van der Waals surface area contributed by atoms with Gasteiger partial charge in [0.1, 0.15) is 0 Å². The normalized spacial score (nSPS) is 26.0. The Labute approximate surface area is 145 Å². The zero-order chi connectivity index (χ0) is 17.4. The second kappa shape index (κ2) is 6.46. The molecule has 2 aromatic rings. The first-order chi connectivity index (χ1) is 12.0. The number of rotatable bonds is 4. The Bertz CT molecular complexity index is 733. The fraction of sp³-hybridized carbons (Fsp3) is 0.400. The molecule has 2 aromatic carbocycles. The molecule has 132 valence electrons. The predicted octanol–water partition coefficient (Wildman–Crippen LogP) is 4.18. The van der Waals surface area contributed by atoms with Crippen molar-refractivity contribution >= 4 is 0 Å². The van der Waals surface area contributed by atoms with Gasteiger partial charge in [-0.1, -0.05) is 36.4 Å². The summed E-state index contributed by atoms with van der Waals surface area (Å²) in [5.41, 5.74) is 2.08. The molecule has 0 radical (unpaired) electrons. The molecule has 0 spiro atoms. The van der Waals surface area contributed by atoms with Crippen LogP contribution < -0.4 is 10.6 Å². The van der Waals surface area contributed by atoms with Crippen LogP contribution in [0.15, 0.2) is 48.5 Å². The number of alkyl halides is 3. The number of halogens is 3. The van der Waals surface area contributed by atoms with Crippen molar-refractivity contribution < 1.29 is 13.2 Å². The third-order valence-corrected chi connectivity index (χ3v) is 5.16. The van der Waals surface area contributed by atoms with Gasteiger partial charge >= 0.3 is 6.18 Å². The van der Waals surface area contributed by atoms with E-state index in [0.717, 1.165) is 31.1 Å². The van der Waals surface area contributed by atoms with Crippen molar-refractivity contribution in [3.63, 3.8) is 0 Å². The highest BCUT2D eigenvalue weighted by Crippen LogP contribution is 2.42. The van der Waals surface area contributed by atoms with E-state index in [0.29, 0.717) is 23.6 Å². The molecule has 0 amide bonds. The summed E-state index contributed by atoms with van der Waals surface area (Å²) in [6.45, 7) is 2.12. The maximum atomic E-state index is 12.9. The van der Waals surface area contributed by atoms with Crippen molar-refractivity contribution in [3.8, 4) is 11.1 Å². The van der Waals surface area contributed by atoms with E-state index in [-0.39, 0.29) is 0 Å². The highest BCUT2D eigenvalue weighted by Gasteiger charge is 2.39. The lowest BCUT2D eigenvalue weighted by Crippen LogP contribution is -2.33. The fourth-order valence-corrected chi connectivity index (χ4v) is 3.65. The van der Waals surface area contributed by atoms with Gasteiger partial charge in [0.15, 0.2) is 0 Å². The van der Waals surface area contributed by atoms with Gasteiger partial charge in [-0.25, -0.2) is 0 Å². The van der Waals surface area contributed by atoms with Gasteiger partial charge < -0.3 is 10.6 Å². The van der Waals surface area contributed by atoms with Crippen LogP contribution in [0, 0.1) is 0 Å². The van der Waals surface area contributed by atoms with Gasteiger partial charge in [0.05, 0.1) is 5.56 Å². The highest BCUT2D eigenvalue weighted by molar-refractivity contribution is 5.65. The summed E-state index contributed by atoms with van der Waals surface area (Å²) in [5, 5.41) is 7.04. The van der Waals surface area contributed by atoms with Crippen LogP contribution in [0.3, 0.4) is 0 Å². The van der Waals surface area contributed by atoms with Crippen LogP contribution in [0.25, 0.3) is 11.1 Å². The van der Waals surface area contributed by atoms with Crippen LogP contribution in [-0.2, 0) is 6.18 Å². The summed E-state index contributed by atoms with van der Waals surface area (Å²) in [5.74, 6) is 0.524. The maximum absolute atomic E-state index is 12.9. The number of benzene rings is 2. The summed E-state index contributed by atoms with van der Waals surface area (Å²) in [6.07, 6.45) is -1.99. The van der Waals surface area contributed by atoms with E-state index in [1.165, 1.54) is 24.1 Å². The largest absolute Gasteiger partial charge is 0.416 e. The summed E-state index contributed by atoms with van der Waals surface area (Å²) >= 11 is 0. The molecule has 2 N–H and O–H groups in total. The van der Waals surface area contributed by atoms with Crippen LogP contribution in [0.2, 0.25) is 0 Å².